The Balaban J connectivity index is 1.59. The molecule has 1 aromatic carbocycles. The summed E-state index contributed by atoms with van der Waals surface area (Å²) in [5.74, 6) is -0.0147. The summed E-state index contributed by atoms with van der Waals surface area (Å²) in [5.41, 5.74) is 0.665. The van der Waals surface area contributed by atoms with E-state index in [4.69, 9.17) is 9.47 Å². The molecule has 1 atom stereocenters. The van der Waals surface area contributed by atoms with Crippen LogP contribution in [0, 0.1) is 5.92 Å². The van der Waals surface area contributed by atoms with Crippen LogP contribution >= 0.6 is 0 Å². The Morgan fingerprint density at radius 3 is 2.77 bits per heavy atom. The van der Waals surface area contributed by atoms with Crippen molar-refractivity contribution in [3.05, 3.63) is 30.9 Å². The number of nitrogens with one attached hydrogen (secondary N) is 2. The van der Waals surface area contributed by atoms with E-state index in [0.29, 0.717) is 36.9 Å². The van der Waals surface area contributed by atoms with E-state index in [2.05, 4.69) is 17.2 Å². The van der Waals surface area contributed by atoms with E-state index in [-0.39, 0.29) is 37.2 Å². The molecule has 2 aliphatic heterocycles. The molecule has 8 nitrogen and oxygen atoms in total. The van der Waals surface area contributed by atoms with Gasteiger partial charge in [0.05, 0.1) is 12.5 Å². The number of hydrogen-bond acceptors (Lipinski definition) is 5. The molecule has 3 rings (SSSR count). The molecule has 0 aromatic heterocycles. The molecule has 1 aromatic rings. The Morgan fingerprint density at radius 1 is 1.23 bits per heavy atom. The summed E-state index contributed by atoms with van der Waals surface area (Å²) in [6.45, 7) is 4.94. The van der Waals surface area contributed by atoms with Crippen LogP contribution in [0.15, 0.2) is 30.9 Å². The van der Waals surface area contributed by atoms with Crippen LogP contribution < -0.4 is 25.0 Å². The lowest BCUT2D eigenvalue weighted by Crippen LogP contribution is -2.40. The molecule has 0 saturated carbocycles. The van der Waals surface area contributed by atoms with Gasteiger partial charge in [0.25, 0.3) is 0 Å². The maximum absolute atomic E-state index is 12.3. The van der Waals surface area contributed by atoms with Gasteiger partial charge in [-0.25, -0.2) is 0 Å². The number of carbonyl (C=O) groups excluding carboxylic acids is 3. The average molecular weight is 359 g/mol. The molecule has 2 aliphatic rings. The van der Waals surface area contributed by atoms with Crippen molar-refractivity contribution in [2.24, 2.45) is 5.92 Å². The van der Waals surface area contributed by atoms with Crippen LogP contribution in [0.3, 0.4) is 0 Å². The average Bonchev–Trinajstić information content (AvgIpc) is 3.05. The number of ether oxygens (including phenoxy) is 2. The molecule has 1 unspecified atom stereocenters. The molecule has 1 fully saturated rings. The summed E-state index contributed by atoms with van der Waals surface area (Å²) in [5, 5.41) is 5.14. The Morgan fingerprint density at radius 2 is 2.00 bits per heavy atom. The first-order chi connectivity index (χ1) is 12.6. The lowest BCUT2D eigenvalue weighted by atomic mass is 10.1. The molecule has 0 radical (unpaired) electrons. The summed E-state index contributed by atoms with van der Waals surface area (Å²) in [7, 11) is 0. The minimum absolute atomic E-state index is 0.106. The number of anilines is 1. The van der Waals surface area contributed by atoms with Crippen molar-refractivity contribution in [3.63, 3.8) is 0 Å². The van der Waals surface area contributed by atoms with Crippen molar-refractivity contribution in [2.45, 2.75) is 6.42 Å². The second-order valence-electron chi connectivity index (χ2n) is 6.04. The van der Waals surface area contributed by atoms with E-state index in [1.807, 2.05) is 0 Å². The van der Waals surface area contributed by atoms with E-state index in [0.717, 1.165) is 0 Å². The number of hydrogen-bond donors (Lipinski definition) is 2. The lowest BCUT2D eigenvalue weighted by molar-refractivity contribution is -0.128. The SMILES string of the molecule is C=CCNC(=O)CNC(=O)C1CC(=O)N(c2ccc3c(c2)OCCO3)C1. The minimum atomic E-state index is -0.497. The maximum atomic E-state index is 12.3. The van der Waals surface area contributed by atoms with Gasteiger partial charge in [-0.3, -0.25) is 14.4 Å². The van der Waals surface area contributed by atoms with Gasteiger partial charge >= 0.3 is 0 Å². The van der Waals surface area contributed by atoms with Gasteiger partial charge in [-0.15, -0.1) is 6.58 Å². The molecular weight excluding hydrogens is 338 g/mol. The molecule has 0 aliphatic carbocycles. The molecule has 1 saturated heterocycles. The van der Waals surface area contributed by atoms with Gasteiger partial charge in [-0.05, 0) is 12.1 Å². The van der Waals surface area contributed by atoms with Crippen LogP contribution in [0.1, 0.15) is 6.42 Å². The molecule has 2 heterocycles. The van der Waals surface area contributed by atoms with Crippen LogP contribution in [-0.4, -0.2) is 50.6 Å². The first kappa shape index (κ1) is 17.8. The largest absolute Gasteiger partial charge is 0.486 e. The quantitative estimate of drug-likeness (QED) is 0.709. The zero-order valence-electron chi connectivity index (χ0n) is 14.3. The molecule has 3 amide bonds. The highest BCUT2D eigenvalue weighted by molar-refractivity contribution is 6.01. The van der Waals surface area contributed by atoms with E-state index in [9.17, 15) is 14.4 Å². The Labute approximate surface area is 151 Å². The van der Waals surface area contributed by atoms with Gasteiger partial charge in [0.15, 0.2) is 11.5 Å². The minimum Gasteiger partial charge on any atom is -0.486 e. The summed E-state index contributed by atoms with van der Waals surface area (Å²) >= 11 is 0. The van der Waals surface area contributed by atoms with Crippen molar-refractivity contribution < 1.29 is 23.9 Å². The third-order valence-corrected chi connectivity index (χ3v) is 4.20. The Kier molecular flexibility index (Phi) is 5.40. The van der Waals surface area contributed by atoms with Crippen LogP contribution in [0.4, 0.5) is 5.69 Å². The van der Waals surface area contributed by atoms with Gasteiger partial charge < -0.3 is 25.0 Å². The first-order valence-corrected chi connectivity index (χ1v) is 8.44. The fourth-order valence-electron chi connectivity index (χ4n) is 2.89. The standard InChI is InChI=1S/C18H21N3O5/c1-2-5-19-16(22)10-20-18(24)12-8-17(23)21(11-12)13-3-4-14-15(9-13)26-7-6-25-14/h2-4,9,12H,1,5-8,10-11H2,(H,19,22)(H,20,24). The molecule has 8 heteroatoms. The van der Waals surface area contributed by atoms with Gasteiger partial charge in [0, 0.05) is 31.3 Å². The first-order valence-electron chi connectivity index (χ1n) is 8.44. The number of benzene rings is 1. The van der Waals surface area contributed by atoms with Gasteiger partial charge in [-0.2, -0.15) is 0 Å². The number of nitrogens with zero attached hydrogens (tertiary/aromatic N) is 1. The predicted molar refractivity (Wildman–Crippen MR) is 94.1 cm³/mol. The molecule has 2 N–H and O–H groups in total. The zero-order chi connectivity index (χ0) is 18.5. The number of amides is 3. The van der Waals surface area contributed by atoms with Crippen LogP contribution in [0.2, 0.25) is 0 Å². The van der Waals surface area contributed by atoms with Gasteiger partial charge in [0.2, 0.25) is 17.7 Å². The monoisotopic (exact) mass is 359 g/mol. The summed E-state index contributed by atoms with van der Waals surface area (Å²) in [4.78, 5) is 37.7. The van der Waals surface area contributed by atoms with Crippen LogP contribution in [0.25, 0.3) is 0 Å². The molecule has 0 spiro atoms. The number of carbonyl (C=O) groups is 3. The predicted octanol–water partition coefficient (Wildman–Crippen LogP) is 0.229. The summed E-state index contributed by atoms with van der Waals surface area (Å²) in [6, 6.07) is 5.28. The van der Waals surface area contributed by atoms with Crippen LogP contribution in [-0.2, 0) is 14.4 Å². The third kappa shape index (κ3) is 3.96. The van der Waals surface area contributed by atoms with Gasteiger partial charge in [-0.1, -0.05) is 6.08 Å². The van der Waals surface area contributed by atoms with Crippen molar-refractivity contribution in [3.8, 4) is 11.5 Å². The Hall–Kier alpha value is -3.03. The van der Waals surface area contributed by atoms with Crippen molar-refractivity contribution in [1.29, 1.82) is 0 Å². The van der Waals surface area contributed by atoms with Crippen molar-refractivity contribution in [1.82, 2.24) is 10.6 Å². The second-order valence-corrected chi connectivity index (χ2v) is 6.04. The molecular formula is C18H21N3O5. The van der Waals surface area contributed by atoms with Crippen molar-refractivity contribution in [2.75, 3.05) is 37.7 Å². The molecule has 0 bridgehead atoms. The molecule has 138 valence electrons. The zero-order valence-corrected chi connectivity index (χ0v) is 14.3. The highest BCUT2D eigenvalue weighted by atomic mass is 16.6. The normalized spacial score (nSPS) is 18.4. The Bertz CT molecular complexity index is 734. The topological polar surface area (TPSA) is 97.0 Å². The maximum Gasteiger partial charge on any atom is 0.239 e. The smallest absolute Gasteiger partial charge is 0.239 e. The number of fused-ring (bicyclic) bond motifs is 1. The summed E-state index contributed by atoms with van der Waals surface area (Å²) < 4.78 is 11.0. The van der Waals surface area contributed by atoms with E-state index in [1.54, 1.807) is 29.2 Å². The highest BCUT2D eigenvalue weighted by Crippen LogP contribution is 2.35. The lowest BCUT2D eigenvalue weighted by Gasteiger charge is -2.22. The summed E-state index contributed by atoms with van der Waals surface area (Å²) in [6.07, 6.45) is 1.66. The molecule has 26 heavy (non-hydrogen) atoms. The van der Waals surface area contributed by atoms with E-state index in [1.165, 1.54) is 0 Å². The highest BCUT2D eigenvalue weighted by Gasteiger charge is 2.35. The van der Waals surface area contributed by atoms with Crippen LogP contribution in [0.5, 0.6) is 11.5 Å². The fourth-order valence-corrected chi connectivity index (χ4v) is 2.89. The van der Waals surface area contributed by atoms with E-state index < -0.39 is 5.92 Å². The van der Waals surface area contributed by atoms with Crippen molar-refractivity contribution >= 4 is 23.4 Å². The fraction of sp³-hybridized carbons (Fsp3) is 0.389. The van der Waals surface area contributed by atoms with Gasteiger partial charge in [0.1, 0.15) is 13.2 Å². The number of rotatable bonds is 6. The van der Waals surface area contributed by atoms with E-state index >= 15 is 0 Å². The second kappa shape index (κ2) is 7.90. The third-order valence-electron chi connectivity index (χ3n) is 4.20.